The van der Waals surface area contributed by atoms with Gasteiger partial charge in [-0.3, -0.25) is 0 Å². The van der Waals surface area contributed by atoms with E-state index in [2.05, 4.69) is 9.97 Å². The molecule has 0 aliphatic heterocycles. The van der Waals surface area contributed by atoms with Crippen LogP contribution in [0.1, 0.15) is 18.5 Å². The van der Waals surface area contributed by atoms with Gasteiger partial charge in [-0.25, -0.2) is 9.97 Å². The van der Waals surface area contributed by atoms with Crippen molar-refractivity contribution in [2.75, 3.05) is 6.54 Å². The molecule has 0 spiro atoms. The predicted octanol–water partition coefficient (Wildman–Crippen LogP) is 1.89. The third-order valence-electron chi connectivity index (χ3n) is 2.92. The first kappa shape index (κ1) is 13.2. The Labute approximate surface area is 111 Å². The number of nitrogens with zero attached hydrogens (tertiary/aromatic N) is 2. The lowest BCUT2D eigenvalue weighted by Gasteiger charge is -2.11. The Hall–Kier alpha value is -1.23. The fourth-order valence-electron chi connectivity index (χ4n) is 1.98. The van der Waals surface area contributed by atoms with E-state index in [-0.39, 0.29) is 6.04 Å². The summed E-state index contributed by atoms with van der Waals surface area (Å²) in [5.41, 5.74) is 13.4. The number of hydrogen-bond donors (Lipinski definition) is 2. The third kappa shape index (κ3) is 3.16. The SMILES string of the molecule is NCCCC(N)Cc1ncnc2cc(Cl)ccc12. The largest absolute Gasteiger partial charge is 0.330 e. The maximum absolute atomic E-state index is 6.07. The molecule has 4 nitrogen and oxygen atoms in total. The minimum Gasteiger partial charge on any atom is -0.330 e. The molecule has 96 valence electrons. The second kappa shape index (κ2) is 6.09. The Kier molecular flexibility index (Phi) is 4.47. The summed E-state index contributed by atoms with van der Waals surface area (Å²) in [6.07, 6.45) is 4.15. The van der Waals surface area contributed by atoms with Crippen LogP contribution in [-0.2, 0) is 6.42 Å². The monoisotopic (exact) mass is 264 g/mol. The normalized spacial score (nSPS) is 12.8. The summed E-state index contributed by atoms with van der Waals surface area (Å²) in [5.74, 6) is 0. The van der Waals surface area contributed by atoms with Crippen LogP contribution in [0.5, 0.6) is 0 Å². The molecule has 0 aliphatic rings. The first-order valence-corrected chi connectivity index (χ1v) is 6.43. The molecule has 1 aromatic carbocycles. The van der Waals surface area contributed by atoms with Crippen LogP contribution >= 0.6 is 11.6 Å². The highest BCUT2D eigenvalue weighted by Gasteiger charge is 2.09. The smallest absolute Gasteiger partial charge is 0.116 e. The zero-order valence-corrected chi connectivity index (χ0v) is 10.9. The average molecular weight is 265 g/mol. The van der Waals surface area contributed by atoms with E-state index in [1.165, 1.54) is 0 Å². The van der Waals surface area contributed by atoms with Crippen molar-refractivity contribution >= 4 is 22.5 Å². The van der Waals surface area contributed by atoms with Crippen molar-refractivity contribution in [2.45, 2.75) is 25.3 Å². The Bertz CT molecular complexity index is 529. The highest BCUT2D eigenvalue weighted by atomic mass is 35.5. The number of rotatable bonds is 5. The second-order valence-electron chi connectivity index (χ2n) is 4.38. The Balaban J connectivity index is 2.22. The van der Waals surface area contributed by atoms with E-state index in [1.807, 2.05) is 18.2 Å². The second-order valence-corrected chi connectivity index (χ2v) is 4.81. The topological polar surface area (TPSA) is 77.8 Å². The summed E-state index contributed by atoms with van der Waals surface area (Å²) >= 11 is 5.95. The molecule has 1 unspecified atom stereocenters. The van der Waals surface area contributed by atoms with Crippen molar-refractivity contribution in [3.63, 3.8) is 0 Å². The van der Waals surface area contributed by atoms with E-state index in [1.54, 1.807) is 6.33 Å². The number of aromatic nitrogens is 2. The molecule has 0 radical (unpaired) electrons. The summed E-state index contributed by atoms with van der Waals surface area (Å²) in [6, 6.07) is 5.72. The molecular formula is C13H17ClN4. The molecule has 0 amide bonds. The van der Waals surface area contributed by atoms with Crippen molar-refractivity contribution < 1.29 is 0 Å². The fourth-order valence-corrected chi connectivity index (χ4v) is 2.15. The Morgan fingerprint density at radius 3 is 2.89 bits per heavy atom. The van der Waals surface area contributed by atoms with E-state index in [4.69, 9.17) is 23.1 Å². The number of halogens is 1. The first-order valence-electron chi connectivity index (χ1n) is 6.05. The molecule has 0 saturated heterocycles. The summed E-state index contributed by atoms with van der Waals surface area (Å²) < 4.78 is 0. The number of benzene rings is 1. The van der Waals surface area contributed by atoms with Gasteiger partial charge >= 0.3 is 0 Å². The van der Waals surface area contributed by atoms with Gasteiger partial charge in [-0.05, 0) is 37.6 Å². The third-order valence-corrected chi connectivity index (χ3v) is 3.15. The molecule has 18 heavy (non-hydrogen) atoms. The van der Waals surface area contributed by atoms with E-state index >= 15 is 0 Å². The summed E-state index contributed by atoms with van der Waals surface area (Å²) in [6.45, 7) is 0.674. The molecule has 1 atom stereocenters. The molecule has 2 aromatic rings. The fraction of sp³-hybridized carbons (Fsp3) is 0.385. The van der Waals surface area contributed by atoms with Crippen LogP contribution in [0, 0.1) is 0 Å². The number of nitrogens with two attached hydrogens (primary N) is 2. The molecule has 5 heteroatoms. The molecule has 0 bridgehead atoms. The van der Waals surface area contributed by atoms with Gasteiger partial charge in [0.15, 0.2) is 0 Å². The lowest BCUT2D eigenvalue weighted by atomic mass is 10.0. The summed E-state index contributed by atoms with van der Waals surface area (Å²) in [7, 11) is 0. The van der Waals surface area contributed by atoms with Crippen molar-refractivity contribution in [1.29, 1.82) is 0 Å². The van der Waals surface area contributed by atoms with Gasteiger partial charge in [0, 0.05) is 22.9 Å². The van der Waals surface area contributed by atoms with Crippen molar-refractivity contribution in [1.82, 2.24) is 9.97 Å². The van der Waals surface area contributed by atoms with E-state index in [0.29, 0.717) is 11.6 Å². The molecule has 4 N–H and O–H groups in total. The van der Waals surface area contributed by atoms with Gasteiger partial charge in [0.1, 0.15) is 6.33 Å². The molecule has 2 rings (SSSR count). The highest BCUT2D eigenvalue weighted by molar-refractivity contribution is 6.31. The van der Waals surface area contributed by atoms with Gasteiger partial charge in [0.25, 0.3) is 0 Å². The lowest BCUT2D eigenvalue weighted by molar-refractivity contribution is 0.581. The number of hydrogen-bond acceptors (Lipinski definition) is 4. The standard InChI is InChI=1S/C13H17ClN4/c14-9-3-4-11-12(6-9)17-8-18-13(11)7-10(16)2-1-5-15/h3-4,6,8,10H,1-2,5,7,15-16H2. The van der Waals surface area contributed by atoms with Crippen LogP contribution in [0.2, 0.25) is 5.02 Å². The van der Waals surface area contributed by atoms with Crippen LogP contribution in [0.25, 0.3) is 10.9 Å². The molecular weight excluding hydrogens is 248 g/mol. The molecule has 1 heterocycles. The zero-order valence-electron chi connectivity index (χ0n) is 10.1. The van der Waals surface area contributed by atoms with Crippen LogP contribution in [0.3, 0.4) is 0 Å². The van der Waals surface area contributed by atoms with Gasteiger partial charge in [-0.1, -0.05) is 11.6 Å². The minimum atomic E-state index is 0.0855. The van der Waals surface area contributed by atoms with Crippen LogP contribution in [0.15, 0.2) is 24.5 Å². The van der Waals surface area contributed by atoms with Crippen molar-refractivity contribution in [3.05, 3.63) is 35.2 Å². The van der Waals surface area contributed by atoms with Gasteiger partial charge in [0.2, 0.25) is 0 Å². The van der Waals surface area contributed by atoms with Gasteiger partial charge in [-0.2, -0.15) is 0 Å². The maximum Gasteiger partial charge on any atom is 0.116 e. The van der Waals surface area contributed by atoms with Crippen LogP contribution in [-0.4, -0.2) is 22.6 Å². The zero-order chi connectivity index (χ0) is 13.0. The van der Waals surface area contributed by atoms with Crippen molar-refractivity contribution in [3.8, 4) is 0 Å². The molecule has 1 aromatic heterocycles. The maximum atomic E-state index is 6.07. The highest BCUT2D eigenvalue weighted by Crippen LogP contribution is 2.20. The van der Waals surface area contributed by atoms with E-state index in [0.717, 1.165) is 35.9 Å². The number of fused-ring (bicyclic) bond motifs is 1. The van der Waals surface area contributed by atoms with Gasteiger partial charge < -0.3 is 11.5 Å². The first-order chi connectivity index (χ1) is 8.70. The molecule has 0 aliphatic carbocycles. The van der Waals surface area contributed by atoms with Crippen LogP contribution < -0.4 is 11.5 Å². The van der Waals surface area contributed by atoms with E-state index in [9.17, 15) is 0 Å². The van der Waals surface area contributed by atoms with Crippen molar-refractivity contribution in [2.24, 2.45) is 11.5 Å². The van der Waals surface area contributed by atoms with E-state index < -0.39 is 0 Å². The van der Waals surface area contributed by atoms with Gasteiger partial charge in [0.05, 0.1) is 11.2 Å². The molecule has 0 fully saturated rings. The van der Waals surface area contributed by atoms with Gasteiger partial charge in [-0.15, -0.1) is 0 Å². The quantitative estimate of drug-likeness (QED) is 0.865. The average Bonchev–Trinajstić information content (AvgIpc) is 2.36. The lowest BCUT2D eigenvalue weighted by Crippen LogP contribution is -2.24. The predicted molar refractivity (Wildman–Crippen MR) is 74.5 cm³/mol. The Morgan fingerprint density at radius 1 is 1.28 bits per heavy atom. The summed E-state index contributed by atoms with van der Waals surface area (Å²) in [4.78, 5) is 8.53. The van der Waals surface area contributed by atoms with Crippen LogP contribution in [0.4, 0.5) is 0 Å². The summed E-state index contributed by atoms with van der Waals surface area (Å²) in [5, 5.41) is 1.70. The minimum absolute atomic E-state index is 0.0855. The Morgan fingerprint density at radius 2 is 2.11 bits per heavy atom. The molecule has 0 saturated carbocycles.